The second kappa shape index (κ2) is 10.8. The summed E-state index contributed by atoms with van der Waals surface area (Å²) in [6.07, 6.45) is 0.657. The zero-order chi connectivity index (χ0) is 23.9. The predicted molar refractivity (Wildman–Crippen MR) is 122 cm³/mol. The number of benzene rings is 2. The fraction of sp³-hybridized carbons (Fsp3) is 0.391. The third kappa shape index (κ3) is 5.70. The molecule has 2 aromatic carbocycles. The molecule has 0 aromatic heterocycles. The SMILES string of the molecule is CN(c1ccccc1)S(=O)(=O)CCCOc1ccc(C(=O)C2(C(=O)NO)CCOCC2)cc1. The highest BCUT2D eigenvalue weighted by molar-refractivity contribution is 7.92. The van der Waals surface area contributed by atoms with Crippen molar-refractivity contribution in [2.24, 2.45) is 5.41 Å². The highest BCUT2D eigenvalue weighted by Gasteiger charge is 2.47. The van der Waals surface area contributed by atoms with Crippen LogP contribution in [0.3, 0.4) is 0 Å². The molecule has 1 heterocycles. The number of hydrogen-bond donors (Lipinski definition) is 2. The molecule has 178 valence electrons. The number of hydrogen-bond acceptors (Lipinski definition) is 7. The molecule has 0 saturated carbocycles. The maximum atomic E-state index is 13.0. The average molecular weight is 477 g/mol. The number of sulfonamides is 1. The van der Waals surface area contributed by atoms with Gasteiger partial charge in [-0.2, -0.15) is 0 Å². The van der Waals surface area contributed by atoms with Crippen molar-refractivity contribution < 1.29 is 32.7 Å². The van der Waals surface area contributed by atoms with E-state index in [0.29, 0.717) is 23.4 Å². The third-order valence-electron chi connectivity index (χ3n) is 5.79. The molecule has 0 atom stereocenters. The molecule has 0 radical (unpaired) electrons. The Kier molecular flexibility index (Phi) is 8.06. The van der Waals surface area contributed by atoms with Crippen LogP contribution < -0.4 is 14.5 Å². The van der Waals surface area contributed by atoms with Gasteiger partial charge < -0.3 is 9.47 Å². The van der Waals surface area contributed by atoms with Crippen molar-refractivity contribution in [2.75, 3.05) is 36.9 Å². The average Bonchev–Trinajstić information content (AvgIpc) is 2.86. The van der Waals surface area contributed by atoms with Gasteiger partial charge in [0.1, 0.15) is 11.2 Å². The molecule has 1 aliphatic rings. The lowest BCUT2D eigenvalue weighted by Gasteiger charge is -2.33. The number of rotatable bonds is 10. The van der Waals surface area contributed by atoms with Crippen molar-refractivity contribution in [1.82, 2.24) is 5.48 Å². The summed E-state index contributed by atoms with van der Waals surface area (Å²) in [5.41, 5.74) is 1.16. The lowest BCUT2D eigenvalue weighted by atomic mass is 9.73. The lowest BCUT2D eigenvalue weighted by molar-refractivity contribution is -0.141. The number of carbonyl (C=O) groups excluding carboxylic acids is 2. The molecule has 2 aromatic rings. The minimum Gasteiger partial charge on any atom is -0.494 e. The minimum atomic E-state index is -3.48. The summed E-state index contributed by atoms with van der Waals surface area (Å²) in [6, 6.07) is 15.1. The monoisotopic (exact) mass is 476 g/mol. The summed E-state index contributed by atoms with van der Waals surface area (Å²) in [5.74, 6) is -0.722. The summed E-state index contributed by atoms with van der Waals surface area (Å²) < 4.78 is 37.1. The van der Waals surface area contributed by atoms with Gasteiger partial charge in [-0.15, -0.1) is 0 Å². The molecule has 0 spiro atoms. The van der Waals surface area contributed by atoms with Crippen molar-refractivity contribution in [3.63, 3.8) is 0 Å². The molecular formula is C23H28N2O7S. The molecular weight excluding hydrogens is 448 g/mol. The normalized spacial score (nSPS) is 15.5. The number of ketones is 1. The summed E-state index contributed by atoms with van der Waals surface area (Å²) in [5, 5.41) is 9.11. The zero-order valence-corrected chi connectivity index (χ0v) is 19.2. The Morgan fingerprint density at radius 1 is 1.09 bits per heavy atom. The summed E-state index contributed by atoms with van der Waals surface area (Å²) in [4.78, 5) is 25.3. The van der Waals surface area contributed by atoms with E-state index in [-0.39, 0.29) is 44.2 Å². The maximum Gasteiger partial charge on any atom is 0.257 e. The van der Waals surface area contributed by atoms with Gasteiger partial charge in [-0.25, -0.2) is 13.9 Å². The number of amides is 1. The van der Waals surface area contributed by atoms with E-state index in [9.17, 15) is 18.0 Å². The number of ether oxygens (including phenoxy) is 2. The van der Waals surface area contributed by atoms with Crippen molar-refractivity contribution >= 4 is 27.4 Å². The molecule has 9 nitrogen and oxygen atoms in total. The fourth-order valence-electron chi connectivity index (χ4n) is 3.73. The number of hydroxylamine groups is 1. The van der Waals surface area contributed by atoms with Gasteiger partial charge in [0, 0.05) is 25.8 Å². The van der Waals surface area contributed by atoms with Crippen LogP contribution in [0.4, 0.5) is 5.69 Å². The first kappa shape index (κ1) is 24.7. The van der Waals surface area contributed by atoms with Crippen LogP contribution in [0, 0.1) is 5.41 Å². The molecule has 1 fully saturated rings. The second-order valence-corrected chi connectivity index (χ2v) is 9.93. The Bertz CT molecular complexity index is 1050. The van der Waals surface area contributed by atoms with E-state index in [0.717, 1.165) is 0 Å². The van der Waals surface area contributed by atoms with Crippen LogP contribution in [0.15, 0.2) is 54.6 Å². The lowest BCUT2D eigenvalue weighted by Crippen LogP contribution is -2.49. The summed E-state index contributed by atoms with van der Waals surface area (Å²) in [6.45, 7) is 0.689. The number of Topliss-reactive ketones (excluding diaryl/α,β-unsaturated/α-hetero) is 1. The van der Waals surface area contributed by atoms with Crippen LogP contribution >= 0.6 is 0 Å². The molecule has 1 aliphatic heterocycles. The second-order valence-electron chi connectivity index (χ2n) is 7.81. The maximum absolute atomic E-state index is 13.0. The van der Waals surface area contributed by atoms with E-state index in [4.69, 9.17) is 14.7 Å². The van der Waals surface area contributed by atoms with E-state index >= 15 is 0 Å². The molecule has 0 bridgehead atoms. The molecule has 0 aliphatic carbocycles. The van der Waals surface area contributed by atoms with Crippen molar-refractivity contribution in [3.05, 3.63) is 60.2 Å². The molecule has 2 N–H and O–H groups in total. The van der Waals surface area contributed by atoms with Gasteiger partial charge in [-0.1, -0.05) is 18.2 Å². The van der Waals surface area contributed by atoms with Crippen molar-refractivity contribution in [1.29, 1.82) is 0 Å². The molecule has 3 rings (SSSR count). The zero-order valence-electron chi connectivity index (χ0n) is 18.4. The van der Waals surface area contributed by atoms with E-state index in [1.54, 1.807) is 54.0 Å². The van der Waals surface area contributed by atoms with E-state index in [1.165, 1.54) is 11.4 Å². The van der Waals surface area contributed by atoms with E-state index in [1.807, 2.05) is 6.07 Å². The number of para-hydroxylation sites is 1. The highest BCUT2D eigenvalue weighted by Crippen LogP contribution is 2.35. The van der Waals surface area contributed by atoms with Gasteiger partial charge in [0.25, 0.3) is 5.91 Å². The molecule has 1 amide bonds. The van der Waals surface area contributed by atoms with Gasteiger partial charge in [-0.3, -0.25) is 19.1 Å². The van der Waals surface area contributed by atoms with Gasteiger partial charge >= 0.3 is 0 Å². The Hall–Kier alpha value is -2.95. The van der Waals surface area contributed by atoms with Gasteiger partial charge in [0.05, 0.1) is 18.0 Å². The Labute approximate surface area is 193 Å². The van der Waals surface area contributed by atoms with Crippen molar-refractivity contribution in [2.45, 2.75) is 19.3 Å². The summed E-state index contributed by atoms with van der Waals surface area (Å²) in [7, 11) is -1.96. The number of anilines is 1. The number of carbonyl (C=O) groups is 2. The van der Waals surface area contributed by atoms with Gasteiger partial charge in [-0.05, 0) is 55.7 Å². The summed E-state index contributed by atoms with van der Waals surface area (Å²) >= 11 is 0. The van der Waals surface area contributed by atoms with Crippen LogP contribution in [-0.2, 0) is 19.6 Å². The van der Waals surface area contributed by atoms with Crippen LogP contribution in [-0.4, -0.2) is 57.9 Å². The quantitative estimate of drug-likeness (QED) is 0.177. The Morgan fingerprint density at radius 3 is 2.33 bits per heavy atom. The first-order valence-electron chi connectivity index (χ1n) is 10.6. The van der Waals surface area contributed by atoms with Crippen LogP contribution in [0.25, 0.3) is 0 Å². The Balaban J connectivity index is 1.55. The molecule has 10 heteroatoms. The molecule has 0 unspecified atom stereocenters. The van der Waals surface area contributed by atoms with Crippen LogP contribution in [0.2, 0.25) is 0 Å². The topological polar surface area (TPSA) is 122 Å². The van der Waals surface area contributed by atoms with E-state index in [2.05, 4.69) is 0 Å². The van der Waals surface area contributed by atoms with Crippen LogP contribution in [0.5, 0.6) is 5.75 Å². The smallest absolute Gasteiger partial charge is 0.257 e. The first-order chi connectivity index (χ1) is 15.8. The van der Waals surface area contributed by atoms with E-state index < -0.39 is 21.3 Å². The molecule has 33 heavy (non-hydrogen) atoms. The first-order valence-corrected chi connectivity index (χ1v) is 12.2. The molecule has 1 saturated heterocycles. The predicted octanol–water partition coefficient (Wildman–Crippen LogP) is 2.41. The largest absolute Gasteiger partial charge is 0.494 e. The van der Waals surface area contributed by atoms with Gasteiger partial charge in [0.2, 0.25) is 10.0 Å². The number of nitrogens with zero attached hydrogens (tertiary/aromatic N) is 1. The Morgan fingerprint density at radius 2 is 1.73 bits per heavy atom. The van der Waals surface area contributed by atoms with Crippen molar-refractivity contribution in [3.8, 4) is 5.75 Å². The fourth-order valence-corrected chi connectivity index (χ4v) is 4.93. The minimum absolute atomic E-state index is 0.0736. The van der Waals surface area contributed by atoms with Crippen LogP contribution in [0.1, 0.15) is 29.6 Å². The standard InChI is InChI=1S/C23H28N2O7S/c1-25(19-6-3-2-4-7-19)33(29,30)17-5-14-32-20-10-8-18(9-11-20)21(26)23(22(27)24-28)12-15-31-16-13-23/h2-4,6-11,28H,5,12-17H2,1H3,(H,24,27). The van der Waals surface area contributed by atoms with Gasteiger partial charge in [0.15, 0.2) is 5.78 Å². The number of nitrogens with one attached hydrogen (secondary N) is 1. The highest BCUT2D eigenvalue weighted by atomic mass is 32.2. The third-order valence-corrected chi connectivity index (χ3v) is 7.64.